The van der Waals surface area contributed by atoms with Crippen molar-refractivity contribution in [2.45, 2.75) is 0 Å². The Hall–Kier alpha value is -3.32. The summed E-state index contributed by atoms with van der Waals surface area (Å²) in [6.07, 6.45) is 1.04. The summed E-state index contributed by atoms with van der Waals surface area (Å²) < 4.78 is 0. The number of primary amides is 2. The van der Waals surface area contributed by atoms with E-state index in [4.69, 9.17) is 0 Å². The molecule has 0 atom stereocenters. The molecule has 0 saturated carbocycles. The molecule has 0 aliphatic rings. The minimum atomic E-state index is -1.49. The molecule has 0 rings (SSSR count). The molecule has 0 aliphatic carbocycles. The highest BCUT2D eigenvalue weighted by molar-refractivity contribution is 6.16. The van der Waals surface area contributed by atoms with Crippen molar-refractivity contribution in [3.63, 3.8) is 0 Å². The van der Waals surface area contributed by atoms with Gasteiger partial charge in [0, 0.05) is 0 Å². The largest absolute Gasteiger partial charge is 0.400 e. The third kappa shape index (κ3) is 4.47. The van der Waals surface area contributed by atoms with Crippen LogP contribution >= 0.6 is 0 Å². The molecule has 14 nitrogen and oxygen atoms in total. The zero-order chi connectivity index (χ0) is 14.3. The molecule has 0 fully saturated rings. The van der Waals surface area contributed by atoms with Crippen molar-refractivity contribution >= 4 is 24.5 Å². The minimum Gasteiger partial charge on any atom is -0.345 e. The summed E-state index contributed by atoms with van der Waals surface area (Å²) in [7, 11) is 0. The average Bonchev–Trinajstić information content (AvgIpc) is 2.20. The van der Waals surface area contributed by atoms with Gasteiger partial charge in [0.2, 0.25) is 12.4 Å². The summed E-state index contributed by atoms with van der Waals surface area (Å²) in [6, 6.07) is -2.99. The Balaban J connectivity index is 4.72. The van der Waals surface area contributed by atoms with Gasteiger partial charge < -0.3 is 31.7 Å². The van der Waals surface area contributed by atoms with Crippen LogP contribution in [-0.2, 0) is 0 Å². The number of amides is 4. The highest BCUT2D eigenvalue weighted by Gasteiger charge is 2.20. The third-order valence-corrected chi connectivity index (χ3v) is 1.12. The summed E-state index contributed by atoms with van der Waals surface area (Å²) in [5, 5.41) is 22.9. The fourth-order valence-corrected chi connectivity index (χ4v) is 0.545. The Morgan fingerprint density at radius 2 is 1.22 bits per heavy atom. The zero-order valence-corrected chi connectivity index (χ0v) is 8.44. The van der Waals surface area contributed by atoms with Crippen molar-refractivity contribution in [3.8, 4) is 0 Å². The van der Waals surface area contributed by atoms with Gasteiger partial charge in [-0.2, -0.15) is 0 Å². The Morgan fingerprint density at radius 1 is 0.944 bits per heavy atom. The van der Waals surface area contributed by atoms with Crippen LogP contribution in [0.1, 0.15) is 0 Å². The number of hydrogen-bond acceptors (Lipinski definition) is 8. The molecule has 0 radical (unpaired) electrons. The number of rotatable bonds is 5. The van der Waals surface area contributed by atoms with Gasteiger partial charge in [0.25, 0.3) is 0 Å². The first-order valence-electron chi connectivity index (χ1n) is 3.81. The lowest BCUT2D eigenvalue weighted by Crippen LogP contribution is -2.36. The molecule has 98 valence electrons. The number of hydrogen-bond donors (Lipinski definition) is 2. The molecule has 4 amide bonds. The Labute approximate surface area is 97.3 Å². The van der Waals surface area contributed by atoms with Gasteiger partial charge in [-0.05, 0) is 0 Å². The number of nitrogens with zero attached hydrogens (tertiary/aromatic N) is 6. The molecule has 14 heteroatoms. The van der Waals surface area contributed by atoms with Gasteiger partial charge in [-0.15, -0.1) is 0 Å². The van der Waals surface area contributed by atoms with Crippen LogP contribution in [0.3, 0.4) is 0 Å². The molecule has 0 unspecified atom stereocenters. The fourth-order valence-electron chi connectivity index (χ4n) is 0.545. The van der Waals surface area contributed by atoms with Crippen LogP contribution in [-0.4, -0.2) is 44.8 Å². The van der Waals surface area contributed by atoms with E-state index in [1.165, 1.54) is 0 Å². The second kappa shape index (κ2) is 6.30. The molecule has 0 aromatic heterocycles. The van der Waals surface area contributed by atoms with E-state index in [0.29, 0.717) is 12.4 Å². The van der Waals surface area contributed by atoms with Crippen LogP contribution in [0, 0.1) is 20.2 Å². The summed E-state index contributed by atoms with van der Waals surface area (Å²) >= 11 is 0. The number of carbonyl (C=O) groups is 2. The maximum absolute atomic E-state index is 10.4. The van der Waals surface area contributed by atoms with E-state index < -0.39 is 22.1 Å². The van der Waals surface area contributed by atoms with Crippen LogP contribution < -0.4 is 11.5 Å². The molecule has 0 saturated heterocycles. The summed E-state index contributed by atoms with van der Waals surface area (Å²) in [5.41, 5.74) is 9.14. The van der Waals surface area contributed by atoms with Gasteiger partial charge in [0.15, 0.2) is 0 Å². The highest BCUT2D eigenvalue weighted by atomic mass is 16.7. The van der Waals surface area contributed by atoms with Crippen molar-refractivity contribution in [3.05, 3.63) is 20.2 Å². The second-order valence-corrected chi connectivity index (χ2v) is 2.26. The van der Waals surface area contributed by atoms with Gasteiger partial charge in [0.1, 0.15) is 0 Å². The lowest BCUT2D eigenvalue weighted by atomic mass is 10.8. The van der Waals surface area contributed by atoms with E-state index in [9.17, 15) is 29.8 Å². The van der Waals surface area contributed by atoms with Gasteiger partial charge in [-0.3, -0.25) is 0 Å². The molecule has 0 aromatic rings. The van der Waals surface area contributed by atoms with E-state index in [1.807, 2.05) is 0 Å². The molecule has 0 aliphatic heterocycles. The molecular weight excluding hydrogens is 256 g/mol. The normalized spacial score (nSPS) is 10.4. The first kappa shape index (κ1) is 14.7. The van der Waals surface area contributed by atoms with Crippen LogP contribution in [0.5, 0.6) is 0 Å². The Kier molecular flexibility index (Phi) is 5.14. The number of carbonyl (C=O) groups excluding carboxylic acids is 2. The van der Waals surface area contributed by atoms with Crippen molar-refractivity contribution < 1.29 is 19.7 Å². The van der Waals surface area contributed by atoms with Crippen LogP contribution in [0.15, 0.2) is 10.2 Å². The molecule has 0 aromatic carbocycles. The predicted molar refractivity (Wildman–Crippen MR) is 53.8 cm³/mol. The molecule has 0 spiro atoms. The summed E-state index contributed by atoms with van der Waals surface area (Å²) in [4.78, 5) is 41.2. The van der Waals surface area contributed by atoms with Crippen molar-refractivity contribution in [2.75, 3.05) is 0 Å². The third-order valence-electron chi connectivity index (χ3n) is 1.12. The maximum atomic E-state index is 10.4. The zero-order valence-electron chi connectivity index (χ0n) is 8.44. The number of nitro groups is 2. The first-order chi connectivity index (χ1) is 8.27. The molecule has 4 N–H and O–H groups in total. The van der Waals surface area contributed by atoms with Crippen LogP contribution in [0.4, 0.5) is 9.59 Å². The maximum Gasteiger partial charge on any atom is 0.400 e. The minimum absolute atomic E-state index is 0.354. The lowest BCUT2D eigenvalue weighted by molar-refractivity contribution is -0.633. The number of hydrazone groups is 2. The molecule has 0 bridgehead atoms. The van der Waals surface area contributed by atoms with Crippen molar-refractivity contribution in [2.24, 2.45) is 21.7 Å². The topological polar surface area (TPSA) is 204 Å². The number of nitrogens with two attached hydrogens (primary N) is 2. The van der Waals surface area contributed by atoms with Crippen molar-refractivity contribution in [1.29, 1.82) is 0 Å². The van der Waals surface area contributed by atoms with Crippen molar-refractivity contribution in [1.82, 2.24) is 10.2 Å². The quantitative estimate of drug-likeness (QED) is 0.328. The number of hydrazine groups is 2. The summed E-state index contributed by atoms with van der Waals surface area (Å²) in [5.74, 6) is 0. The second-order valence-electron chi connectivity index (χ2n) is 2.26. The van der Waals surface area contributed by atoms with Gasteiger partial charge in [-0.1, -0.05) is 0 Å². The SMILES string of the molecule is NC(=O)N(N=CC=NN(C(N)=O)[N+](=O)[O-])[N+](=O)[O-]. The Morgan fingerprint density at radius 3 is 1.39 bits per heavy atom. The van der Waals surface area contributed by atoms with Gasteiger partial charge >= 0.3 is 12.1 Å². The molecule has 18 heavy (non-hydrogen) atoms. The molecular formula is C4H6N8O6. The monoisotopic (exact) mass is 262 g/mol. The van der Waals surface area contributed by atoms with Crippen LogP contribution in [0.25, 0.3) is 0 Å². The fraction of sp³-hybridized carbons (Fsp3) is 0. The van der Waals surface area contributed by atoms with E-state index >= 15 is 0 Å². The summed E-state index contributed by atoms with van der Waals surface area (Å²) in [6.45, 7) is 0. The first-order valence-corrected chi connectivity index (χ1v) is 3.81. The number of urea groups is 2. The lowest BCUT2D eigenvalue weighted by Gasteiger charge is -2.01. The molecule has 0 heterocycles. The van der Waals surface area contributed by atoms with E-state index in [1.54, 1.807) is 0 Å². The van der Waals surface area contributed by atoms with E-state index in [2.05, 4.69) is 21.7 Å². The standard InChI is InChI=1S/C4H6N8O6/c5-3(13)9(11(15)16)7-1-2-8-10(4(6)14)12(17)18/h1-2H,(H2,5,13)(H2,6,14). The van der Waals surface area contributed by atoms with Crippen LogP contribution in [0.2, 0.25) is 0 Å². The van der Waals surface area contributed by atoms with E-state index in [-0.39, 0.29) is 10.2 Å². The Bertz CT molecular complexity index is 361. The predicted octanol–water partition coefficient (Wildman–Crippen LogP) is -1.90. The van der Waals surface area contributed by atoms with Gasteiger partial charge in [-0.25, -0.2) is 9.59 Å². The van der Waals surface area contributed by atoms with Gasteiger partial charge in [0.05, 0.1) is 30.5 Å². The average molecular weight is 262 g/mol. The smallest absolute Gasteiger partial charge is 0.345 e. The van der Waals surface area contributed by atoms with E-state index in [0.717, 1.165) is 0 Å². The highest BCUT2D eigenvalue weighted by Crippen LogP contribution is 1.89.